The van der Waals surface area contributed by atoms with Crippen LogP contribution in [0.4, 0.5) is 8.78 Å². The Balaban J connectivity index is 2.20. The van der Waals surface area contributed by atoms with Crippen LogP contribution in [-0.2, 0) is 11.2 Å². The van der Waals surface area contributed by atoms with E-state index in [0.29, 0.717) is 19.4 Å². The average Bonchev–Trinajstić information content (AvgIpc) is 2.46. The number of aryl methyl sites for hydroxylation is 1. The third kappa shape index (κ3) is 8.24. The van der Waals surface area contributed by atoms with Crippen molar-refractivity contribution in [2.45, 2.75) is 32.8 Å². The van der Waals surface area contributed by atoms with Crippen molar-refractivity contribution in [1.29, 1.82) is 0 Å². The zero-order chi connectivity index (χ0) is 15.5. The molecular weight excluding hydrogens is 278 g/mol. The molecule has 0 aliphatic carbocycles. The summed E-state index contributed by atoms with van der Waals surface area (Å²) in [6.07, 6.45) is 2.02. The average molecular weight is 300 g/mol. The van der Waals surface area contributed by atoms with E-state index in [4.69, 9.17) is 0 Å². The largest absolute Gasteiger partial charge is 0.435 e. The van der Waals surface area contributed by atoms with Crippen LogP contribution >= 0.6 is 0 Å². The molecule has 0 heterocycles. The molecule has 0 bridgehead atoms. The number of carbonyl (C=O) groups excluding carboxylic acids is 1. The number of hydrogen-bond donors (Lipinski definition) is 2. The molecule has 0 saturated carbocycles. The SMILES string of the molecule is CCCNCCNC(=O)CCc1ccc(OC(F)F)cc1. The summed E-state index contributed by atoms with van der Waals surface area (Å²) in [7, 11) is 0. The van der Waals surface area contributed by atoms with Gasteiger partial charge in [-0.1, -0.05) is 19.1 Å². The topological polar surface area (TPSA) is 50.4 Å². The minimum atomic E-state index is -2.82. The van der Waals surface area contributed by atoms with Crippen molar-refractivity contribution in [3.05, 3.63) is 29.8 Å². The van der Waals surface area contributed by atoms with Gasteiger partial charge in [0.25, 0.3) is 0 Å². The number of benzene rings is 1. The molecule has 2 N–H and O–H groups in total. The summed E-state index contributed by atoms with van der Waals surface area (Å²) in [5, 5.41) is 6.02. The smallest absolute Gasteiger partial charge is 0.387 e. The summed E-state index contributed by atoms with van der Waals surface area (Å²) < 4.78 is 28.2. The molecule has 0 radical (unpaired) electrons. The molecule has 0 aliphatic rings. The van der Waals surface area contributed by atoms with E-state index in [1.807, 2.05) is 0 Å². The fourth-order valence-electron chi connectivity index (χ4n) is 1.78. The van der Waals surface area contributed by atoms with Gasteiger partial charge in [0.05, 0.1) is 0 Å². The van der Waals surface area contributed by atoms with Gasteiger partial charge < -0.3 is 15.4 Å². The van der Waals surface area contributed by atoms with E-state index in [1.54, 1.807) is 12.1 Å². The standard InChI is InChI=1S/C15H22F2N2O2/c1-2-9-18-10-11-19-14(20)8-5-12-3-6-13(7-4-12)21-15(16)17/h3-4,6-7,15,18H,2,5,8-11H2,1H3,(H,19,20). The van der Waals surface area contributed by atoms with Gasteiger partial charge in [-0.2, -0.15) is 8.78 Å². The van der Waals surface area contributed by atoms with Gasteiger partial charge in [0.15, 0.2) is 0 Å². The lowest BCUT2D eigenvalue weighted by molar-refractivity contribution is -0.121. The highest BCUT2D eigenvalue weighted by atomic mass is 19.3. The van der Waals surface area contributed by atoms with E-state index >= 15 is 0 Å². The molecule has 0 unspecified atom stereocenters. The van der Waals surface area contributed by atoms with Gasteiger partial charge in [0.2, 0.25) is 5.91 Å². The van der Waals surface area contributed by atoms with Crippen molar-refractivity contribution >= 4 is 5.91 Å². The summed E-state index contributed by atoms with van der Waals surface area (Å²) >= 11 is 0. The Morgan fingerprint density at radius 3 is 2.52 bits per heavy atom. The van der Waals surface area contributed by atoms with Gasteiger partial charge in [-0.15, -0.1) is 0 Å². The van der Waals surface area contributed by atoms with Gasteiger partial charge in [-0.3, -0.25) is 4.79 Å². The van der Waals surface area contributed by atoms with Crippen molar-refractivity contribution in [2.24, 2.45) is 0 Å². The maximum Gasteiger partial charge on any atom is 0.387 e. The van der Waals surface area contributed by atoms with Gasteiger partial charge in [0, 0.05) is 19.5 Å². The van der Waals surface area contributed by atoms with Crippen molar-refractivity contribution in [3.8, 4) is 5.75 Å². The molecule has 0 aromatic heterocycles. The second kappa shape index (κ2) is 10.1. The Morgan fingerprint density at radius 2 is 1.90 bits per heavy atom. The first kappa shape index (κ1) is 17.4. The van der Waals surface area contributed by atoms with E-state index in [0.717, 1.165) is 25.1 Å². The van der Waals surface area contributed by atoms with Crippen molar-refractivity contribution < 1.29 is 18.3 Å². The molecule has 0 saturated heterocycles. The van der Waals surface area contributed by atoms with Crippen molar-refractivity contribution in [2.75, 3.05) is 19.6 Å². The Morgan fingerprint density at radius 1 is 1.19 bits per heavy atom. The van der Waals surface area contributed by atoms with Crippen LogP contribution in [0, 0.1) is 0 Å². The van der Waals surface area contributed by atoms with Crippen LogP contribution in [0.25, 0.3) is 0 Å². The first-order valence-corrected chi connectivity index (χ1v) is 7.13. The highest BCUT2D eigenvalue weighted by Crippen LogP contribution is 2.15. The van der Waals surface area contributed by atoms with E-state index in [9.17, 15) is 13.6 Å². The second-order valence-corrected chi connectivity index (χ2v) is 4.62. The third-order valence-electron chi connectivity index (χ3n) is 2.84. The minimum absolute atomic E-state index is 0.0128. The molecule has 118 valence electrons. The van der Waals surface area contributed by atoms with Crippen molar-refractivity contribution in [1.82, 2.24) is 10.6 Å². The summed E-state index contributed by atoms with van der Waals surface area (Å²) in [6.45, 7) is 1.59. The Bertz CT molecular complexity index is 411. The van der Waals surface area contributed by atoms with Crippen molar-refractivity contribution in [3.63, 3.8) is 0 Å². The maximum absolute atomic E-state index is 12.0. The molecule has 0 atom stereocenters. The van der Waals surface area contributed by atoms with E-state index in [-0.39, 0.29) is 11.7 Å². The van der Waals surface area contributed by atoms with Gasteiger partial charge in [-0.25, -0.2) is 0 Å². The number of nitrogens with one attached hydrogen (secondary N) is 2. The summed E-state index contributed by atoms with van der Waals surface area (Å²) in [5.74, 6) is 0.112. The summed E-state index contributed by atoms with van der Waals surface area (Å²) in [6, 6.07) is 6.34. The molecule has 0 spiro atoms. The Hall–Kier alpha value is -1.69. The Labute approximate surface area is 123 Å². The summed E-state index contributed by atoms with van der Waals surface area (Å²) in [5.41, 5.74) is 0.913. The third-order valence-corrected chi connectivity index (χ3v) is 2.84. The highest BCUT2D eigenvalue weighted by Gasteiger charge is 2.05. The van der Waals surface area contributed by atoms with Crippen LogP contribution < -0.4 is 15.4 Å². The zero-order valence-electron chi connectivity index (χ0n) is 12.2. The van der Waals surface area contributed by atoms with Crippen LogP contribution in [0.1, 0.15) is 25.3 Å². The highest BCUT2D eigenvalue weighted by molar-refractivity contribution is 5.76. The fraction of sp³-hybridized carbons (Fsp3) is 0.533. The predicted octanol–water partition coefficient (Wildman–Crippen LogP) is 2.34. The fourth-order valence-corrected chi connectivity index (χ4v) is 1.78. The number of carbonyl (C=O) groups is 1. The van der Waals surface area contributed by atoms with Crippen LogP contribution in [0.5, 0.6) is 5.75 Å². The molecule has 1 rings (SSSR count). The number of hydrogen-bond acceptors (Lipinski definition) is 3. The first-order valence-electron chi connectivity index (χ1n) is 7.13. The lowest BCUT2D eigenvalue weighted by Crippen LogP contribution is -2.32. The monoisotopic (exact) mass is 300 g/mol. The first-order chi connectivity index (χ1) is 10.1. The summed E-state index contributed by atoms with van der Waals surface area (Å²) in [4.78, 5) is 11.6. The molecule has 1 aromatic rings. The van der Waals surface area contributed by atoms with Crippen LogP contribution in [0.2, 0.25) is 0 Å². The molecule has 6 heteroatoms. The molecule has 1 aromatic carbocycles. The van der Waals surface area contributed by atoms with Crippen LogP contribution in [0.3, 0.4) is 0 Å². The Kier molecular flexibility index (Phi) is 8.35. The number of ether oxygens (including phenoxy) is 1. The van der Waals surface area contributed by atoms with E-state index in [1.165, 1.54) is 12.1 Å². The lowest BCUT2D eigenvalue weighted by Gasteiger charge is -2.07. The van der Waals surface area contributed by atoms with Crippen LogP contribution in [0.15, 0.2) is 24.3 Å². The minimum Gasteiger partial charge on any atom is -0.435 e. The number of rotatable bonds is 10. The van der Waals surface area contributed by atoms with E-state index in [2.05, 4.69) is 22.3 Å². The second-order valence-electron chi connectivity index (χ2n) is 4.62. The molecular formula is C15H22F2N2O2. The van der Waals surface area contributed by atoms with Gasteiger partial charge in [0.1, 0.15) is 5.75 Å². The maximum atomic E-state index is 12.0. The zero-order valence-corrected chi connectivity index (χ0v) is 12.2. The quantitative estimate of drug-likeness (QED) is 0.652. The number of halogens is 2. The molecule has 1 amide bonds. The lowest BCUT2D eigenvalue weighted by atomic mass is 10.1. The molecule has 0 fully saturated rings. The molecule has 4 nitrogen and oxygen atoms in total. The predicted molar refractivity (Wildman–Crippen MR) is 77.6 cm³/mol. The normalized spacial score (nSPS) is 10.7. The van der Waals surface area contributed by atoms with Crippen LogP contribution in [-0.4, -0.2) is 32.2 Å². The molecule has 21 heavy (non-hydrogen) atoms. The van der Waals surface area contributed by atoms with Gasteiger partial charge >= 0.3 is 6.61 Å². The van der Waals surface area contributed by atoms with Gasteiger partial charge in [-0.05, 0) is 37.1 Å². The van der Waals surface area contributed by atoms with E-state index < -0.39 is 6.61 Å². The number of alkyl halides is 2. The molecule has 0 aliphatic heterocycles. The number of amides is 1.